The summed E-state index contributed by atoms with van der Waals surface area (Å²) in [4.78, 5) is 23.6. The third kappa shape index (κ3) is 4.08. The fourth-order valence-corrected chi connectivity index (χ4v) is 3.27. The molecule has 0 aliphatic heterocycles. The molecule has 0 spiro atoms. The van der Waals surface area contributed by atoms with E-state index in [0.717, 1.165) is 30.0 Å². The summed E-state index contributed by atoms with van der Waals surface area (Å²) >= 11 is 0. The lowest BCUT2D eigenvalue weighted by Gasteiger charge is -2.24. The third-order valence-corrected chi connectivity index (χ3v) is 5.09. The highest BCUT2D eigenvalue weighted by Crippen LogP contribution is 2.35. The van der Waals surface area contributed by atoms with Crippen LogP contribution in [0.3, 0.4) is 0 Å². The summed E-state index contributed by atoms with van der Waals surface area (Å²) in [5.74, 6) is 2.03. The van der Waals surface area contributed by atoms with E-state index < -0.39 is 5.97 Å². The number of hydrogen-bond acceptors (Lipinski definition) is 6. The normalized spacial score (nSPS) is 12.4. The van der Waals surface area contributed by atoms with Gasteiger partial charge in [0.1, 0.15) is 11.5 Å². The van der Waals surface area contributed by atoms with Crippen LogP contribution in [0.15, 0.2) is 34.8 Å². The standard InChI is InChI=1S/C22H23N3O3.C2H6/c1-13(2)25(3)21-20(19-12-14-7-5-6-8-18(14)28-19)23-16-10-9-15(22(26)27-4)11-17(16)24-21;1-2/h5,7,9-13H,6,8H2,1-4H3;1-2H3. The second kappa shape index (κ2) is 9.11. The zero-order chi connectivity index (χ0) is 21.8. The summed E-state index contributed by atoms with van der Waals surface area (Å²) in [5.41, 5.74) is 3.60. The third-order valence-electron chi connectivity index (χ3n) is 5.09. The van der Waals surface area contributed by atoms with E-state index in [0.29, 0.717) is 28.1 Å². The summed E-state index contributed by atoms with van der Waals surface area (Å²) in [6.45, 7) is 8.19. The number of fused-ring (bicyclic) bond motifs is 2. The summed E-state index contributed by atoms with van der Waals surface area (Å²) < 4.78 is 11.0. The fraction of sp³-hybridized carbons (Fsp3) is 0.375. The number of ether oxygens (including phenoxy) is 1. The molecule has 1 aromatic carbocycles. The highest BCUT2D eigenvalue weighted by Gasteiger charge is 2.22. The Hall–Kier alpha value is -3.15. The zero-order valence-corrected chi connectivity index (χ0v) is 18.5. The Kier molecular flexibility index (Phi) is 6.55. The molecule has 0 N–H and O–H groups in total. The van der Waals surface area contributed by atoms with Crippen LogP contribution in [0.2, 0.25) is 0 Å². The molecule has 4 rings (SSSR count). The number of carbonyl (C=O) groups is 1. The van der Waals surface area contributed by atoms with Gasteiger partial charge in [0.2, 0.25) is 0 Å². The van der Waals surface area contributed by atoms with Crippen molar-refractivity contribution < 1.29 is 13.9 Å². The largest absolute Gasteiger partial charge is 0.465 e. The number of aryl methyl sites for hydroxylation is 1. The lowest BCUT2D eigenvalue weighted by atomic mass is 10.1. The van der Waals surface area contributed by atoms with Gasteiger partial charge in [0, 0.05) is 25.1 Å². The number of aromatic nitrogens is 2. The van der Waals surface area contributed by atoms with Crippen LogP contribution in [0.5, 0.6) is 0 Å². The fourth-order valence-electron chi connectivity index (χ4n) is 3.27. The smallest absolute Gasteiger partial charge is 0.337 e. The van der Waals surface area contributed by atoms with Crippen molar-refractivity contribution in [3.05, 3.63) is 47.2 Å². The van der Waals surface area contributed by atoms with Gasteiger partial charge in [-0.1, -0.05) is 26.0 Å². The van der Waals surface area contributed by atoms with Crippen LogP contribution in [0.1, 0.15) is 55.8 Å². The minimum absolute atomic E-state index is 0.221. The molecule has 0 radical (unpaired) electrons. The number of rotatable bonds is 4. The Labute approximate surface area is 177 Å². The van der Waals surface area contributed by atoms with Gasteiger partial charge >= 0.3 is 5.97 Å². The van der Waals surface area contributed by atoms with E-state index in [1.165, 1.54) is 7.11 Å². The molecule has 30 heavy (non-hydrogen) atoms. The number of hydrogen-bond donors (Lipinski definition) is 0. The first-order chi connectivity index (χ1) is 14.5. The molecule has 0 atom stereocenters. The van der Waals surface area contributed by atoms with E-state index in [4.69, 9.17) is 19.1 Å². The van der Waals surface area contributed by atoms with E-state index in [2.05, 4.69) is 30.9 Å². The molecule has 6 heteroatoms. The van der Waals surface area contributed by atoms with Crippen LogP contribution in [-0.4, -0.2) is 36.1 Å². The maximum atomic E-state index is 11.9. The molecule has 0 bridgehead atoms. The maximum Gasteiger partial charge on any atom is 0.337 e. The molecule has 0 saturated heterocycles. The van der Waals surface area contributed by atoms with Crippen molar-refractivity contribution in [3.63, 3.8) is 0 Å². The second-order valence-corrected chi connectivity index (χ2v) is 7.23. The molecule has 0 saturated carbocycles. The van der Waals surface area contributed by atoms with Crippen molar-refractivity contribution in [1.29, 1.82) is 0 Å². The molecular weight excluding hydrogens is 378 g/mol. The average molecular weight is 408 g/mol. The Bertz CT molecular complexity index is 1080. The second-order valence-electron chi connectivity index (χ2n) is 7.23. The highest BCUT2D eigenvalue weighted by molar-refractivity contribution is 5.94. The lowest BCUT2D eigenvalue weighted by Crippen LogP contribution is -2.27. The van der Waals surface area contributed by atoms with Crippen molar-refractivity contribution in [2.45, 2.75) is 46.6 Å². The van der Waals surface area contributed by atoms with E-state index in [1.807, 2.05) is 27.0 Å². The molecule has 0 unspecified atom stereocenters. The topological polar surface area (TPSA) is 68.5 Å². The van der Waals surface area contributed by atoms with Gasteiger partial charge in [-0.05, 0) is 44.5 Å². The quantitative estimate of drug-likeness (QED) is 0.532. The SMILES string of the molecule is CC.COC(=O)c1ccc2nc(-c3cc4c(o3)CCC=C4)c(N(C)C(C)C)nc2c1. The van der Waals surface area contributed by atoms with Gasteiger partial charge in [-0.3, -0.25) is 0 Å². The number of carbonyl (C=O) groups excluding carboxylic acids is 1. The van der Waals surface area contributed by atoms with Gasteiger partial charge in [-0.15, -0.1) is 0 Å². The van der Waals surface area contributed by atoms with Crippen LogP contribution in [0, 0.1) is 0 Å². The lowest BCUT2D eigenvalue weighted by molar-refractivity contribution is 0.0601. The van der Waals surface area contributed by atoms with Crippen molar-refractivity contribution in [3.8, 4) is 11.5 Å². The Morgan fingerprint density at radius 3 is 2.60 bits per heavy atom. The van der Waals surface area contributed by atoms with Crippen molar-refractivity contribution in [1.82, 2.24) is 9.97 Å². The molecular formula is C24H29N3O3. The summed E-state index contributed by atoms with van der Waals surface area (Å²) in [5, 5.41) is 0. The van der Waals surface area contributed by atoms with E-state index in [9.17, 15) is 4.79 Å². The Morgan fingerprint density at radius 2 is 1.93 bits per heavy atom. The van der Waals surface area contributed by atoms with E-state index in [-0.39, 0.29) is 6.04 Å². The average Bonchev–Trinajstić information content (AvgIpc) is 3.22. The molecule has 1 aliphatic carbocycles. The number of anilines is 1. The molecule has 6 nitrogen and oxygen atoms in total. The predicted molar refractivity (Wildman–Crippen MR) is 121 cm³/mol. The number of furan rings is 1. The van der Waals surface area contributed by atoms with Crippen molar-refractivity contribution in [2.75, 3.05) is 19.1 Å². The molecule has 1 aliphatic rings. The maximum absolute atomic E-state index is 11.9. The summed E-state index contributed by atoms with van der Waals surface area (Å²) in [6.07, 6.45) is 6.13. The number of esters is 1. The van der Waals surface area contributed by atoms with Gasteiger partial charge in [0.15, 0.2) is 11.6 Å². The van der Waals surface area contributed by atoms with E-state index >= 15 is 0 Å². The van der Waals surface area contributed by atoms with E-state index in [1.54, 1.807) is 18.2 Å². The zero-order valence-electron chi connectivity index (χ0n) is 18.5. The van der Waals surface area contributed by atoms with Gasteiger partial charge < -0.3 is 14.1 Å². The highest BCUT2D eigenvalue weighted by atomic mass is 16.5. The van der Waals surface area contributed by atoms with Crippen molar-refractivity contribution >= 4 is 28.9 Å². The Balaban J connectivity index is 0.00000124. The first-order valence-corrected chi connectivity index (χ1v) is 10.4. The number of nitrogens with zero attached hydrogens (tertiary/aromatic N) is 3. The number of benzene rings is 1. The van der Waals surface area contributed by atoms with Gasteiger partial charge in [-0.2, -0.15) is 0 Å². The molecule has 0 amide bonds. The van der Waals surface area contributed by atoms with Crippen LogP contribution < -0.4 is 4.90 Å². The minimum atomic E-state index is -0.392. The minimum Gasteiger partial charge on any atom is -0.465 e. The van der Waals surface area contributed by atoms with Crippen LogP contribution in [0.25, 0.3) is 28.6 Å². The number of methoxy groups -OCH3 is 1. The Morgan fingerprint density at radius 1 is 1.17 bits per heavy atom. The first-order valence-electron chi connectivity index (χ1n) is 10.4. The summed E-state index contributed by atoms with van der Waals surface area (Å²) in [7, 11) is 3.35. The van der Waals surface area contributed by atoms with Gasteiger partial charge in [0.05, 0.1) is 23.7 Å². The first kappa shape index (κ1) is 21.6. The molecule has 2 heterocycles. The molecule has 158 valence electrons. The van der Waals surface area contributed by atoms with Crippen LogP contribution in [0.4, 0.5) is 5.82 Å². The molecule has 2 aromatic heterocycles. The molecule has 3 aromatic rings. The monoisotopic (exact) mass is 407 g/mol. The summed E-state index contributed by atoms with van der Waals surface area (Å²) in [6, 6.07) is 7.46. The van der Waals surface area contributed by atoms with Crippen LogP contribution >= 0.6 is 0 Å². The molecule has 0 fully saturated rings. The van der Waals surface area contributed by atoms with Crippen LogP contribution in [-0.2, 0) is 11.2 Å². The van der Waals surface area contributed by atoms with Gasteiger partial charge in [-0.25, -0.2) is 14.8 Å². The van der Waals surface area contributed by atoms with Gasteiger partial charge in [0.25, 0.3) is 0 Å². The number of allylic oxidation sites excluding steroid dienone is 1. The predicted octanol–water partition coefficient (Wildman–Crippen LogP) is 5.51. The van der Waals surface area contributed by atoms with Crippen molar-refractivity contribution in [2.24, 2.45) is 0 Å².